The minimum absolute atomic E-state index is 0.0244. The van der Waals surface area contributed by atoms with E-state index in [9.17, 15) is 9.90 Å². The first-order valence-electron chi connectivity index (χ1n) is 12.9. The average molecular weight is 487 g/mol. The number of nitrogens with one attached hydrogen (secondary N) is 1. The van der Waals surface area contributed by atoms with Gasteiger partial charge in [0.05, 0.1) is 18.8 Å². The van der Waals surface area contributed by atoms with Crippen molar-refractivity contribution >= 4 is 11.6 Å². The van der Waals surface area contributed by atoms with Crippen LogP contribution in [0, 0.1) is 0 Å². The van der Waals surface area contributed by atoms with Crippen LogP contribution in [0.25, 0.3) is 0 Å². The van der Waals surface area contributed by atoms with E-state index in [1.54, 1.807) is 12.1 Å². The van der Waals surface area contributed by atoms with Crippen molar-refractivity contribution in [2.45, 2.75) is 50.8 Å². The summed E-state index contributed by atoms with van der Waals surface area (Å²) in [5.41, 5.74) is 4.16. The molecule has 0 radical (unpaired) electrons. The van der Waals surface area contributed by atoms with Crippen LogP contribution in [0.15, 0.2) is 78.9 Å². The number of aliphatic hydroxyl groups is 1. The first-order valence-corrected chi connectivity index (χ1v) is 12.9. The zero-order valence-electron chi connectivity index (χ0n) is 20.5. The van der Waals surface area contributed by atoms with Gasteiger partial charge in [0.15, 0.2) is 6.29 Å². The molecule has 0 bridgehead atoms. The van der Waals surface area contributed by atoms with Gasteiger partial charge in [0.1, 0.15) is 0 Å². The van der Waals surface area contributed by atoms with Crippen molar-refractivity contribution < 1.29 is 19.4 Å². The summed E-state index contributed by atoms with van der Waals surface area (Å²) in [5.74, 6) is -0.150. The van der Waals surface area contributed by atoms with Gasteiger partial charge in [-0.2, -0.15) is 0 Å². The molecule has 0 spiro atoms. The third kappa shape index (κ3) is 6.20. The molecule has 0 aromatic heterocycles. The van der Waals surface area contributed by atoms with Crippen LogP contribution in [0.5, 0.6) is 0 Å². The van der Waals surface area contributed by atoms with Crippen LogP contribution in [0.1, 0.15) is 65.1 Å². The molecule has 0 aliphatic carbocycles. The standard InChI is InChI=1S/C30H34N2O4/c33-21-22-12-14-23(15-13-22)28-19-27(20-32-16-5-2-6-17-32)35-30(36-28)25-10-7-11-26(18-25)31-29(34)24-8-3-1-4-9-24/h1,3-4,7-15,18,27-28,30,33H,2,5-6,16-17,19-21H2,(H,31,34)/t27-,28+,30+/m0/s1. The fourth-order valence-corrected chi connectivity index (χ4v) is 5.02. The molecule has 36 heavy (non-hydrogen) atoms. The van der Waals surface area contributed by atoms with Crippen LogP contribution in [0.3, 0.4) is 0 Å². The lowest BCUT2D eigenvalue weighted by atomic mass is 9.99. The van der Waals surface area contributed by atoms with E-state index in [1.807, 2.05) is 66.7 Å². The molecule has 2 fully saturated rings. The summed E-state index contributed by atoms with van der Waals surface area (Å²) in [4.78, 5) is 15.2. The van der Waals surface area contributed by atoms with Crippen LogP contribution in [0.4, 0.5) is 5.69 Å². The van der Waals surface area contributed by atoms with Crippen molar-refractivity contribution in [3.8, 4) is 0 Å². The summed E-state index contributed by atoms with van der Waals surface area (Å²) in [6.07, 6.45) is 3.93. The highest BCUT2D eigenvalue weighted by molar-refractivity contribution is 6.04. The summed E-state index contributed by atoms with van der Waals surface area (Å²) in [6.45, 7) is 3.14. The predicted octanol–water partition coefficient (Wildman–Crippen LogP) is 5.46. The van der Waals surface area contributed by atoms with Gasteiger partial charge >= 0.3 is 0 Å². The molecule has 188 valence electrons. The lowest BCUT2D eigenvalue weighted by Gasteiger charge is -2.39. The fraction of sp³-hybridized carbons (Fsp3) is 0.367. The molecule has 0 unspecified atom stereocenters. The van der Waals surface area contributed by atoms with E-state index < -0.39 is 6.29 Å². The number of benzene rings is 3. The second-order valence-corrected chi connectivity index (χ2v) is 9.66. The molecule has 2 aliphatic heterocycles. The minimum atomic E-state index is -0.537. The molecule has 6 heteroatoms. The van der Waals surface area contributed by atoms with Gasteiger partial charge in [-0.15, -0.1) is 0 Å². The Hall–Kier alpha value is -3.03. The van der Waals surface area contributed by atoms with E-state index in [1.165, 1.54) is 19.3 Å². The zero-order valence-corrected chi connectivity index (χ0v) is 20.5. The van der Waals surface area contributed by atoms with Crippen LogP contribution >= 0.6 is 0 Å². The summed E-state index contributed by atoms with van der Waals surface area (Å²) in [6, 6.07) is 24.9. The number of ether oxygens (including phenoxy) is 2. The van der Waals surface area contributed by atoms with Gasteiger partial charge in [-0.1, -0.05) is 61.0 Å². The quantitative estimate of drug-likeness (QED) is 0.464. The molecule has 1 amide bonds. The molecule has 0 saturated carbocycles. The third-order valence-electron chi connectivity index (χ3n) is 6.98. The predicted molar refractivity (Wildman–Crippen MR) is 140 cm³/mol. The van der Waals surface area contributed by atoms with Crippen molar-refractivity contribution in [1.82, 2.24) is 4.90 Å². The maximum atomic E-state index is 12.7. The van der Waals surface area contributed by atoms with Crippen LogP contribution in [-0.4, -0.2) is 41.7 Å². The number of likely N-dealkylation sites (tertiary alicyclic amines) is 1. The Labute approximate surface area is 212 Å². The average Bonchev–Trinajstić information content (AvgIpc) is 2.94. The van der Waals surface area contributed by atoms with Gasteiger partial charge in [0.25, 0.3) is 5.91 Å². The second-order valence-electron chi connectivity index (χ2n) is 9.66. The number of amides is 1. The van der Waals surface area contributed by atoms with Crippen molar-refractivity contribution in [3.63, 3.8) is 0 Å². The van der Waals surface area contributed by atoms with Crippen molar-refractivity contribution in [3.05, 3.63) is 101 Å². The Morgan fingerprint density at radius 2 is 1.67 bits per heavy atom. The summed E-state index contributed by atoms with van der Waals surface area (Å²) in [7, 11) is 0. The smallest absolute Gasteiger partial charge is 0.255 e. The van der Waals surface area contributed by atoms with E-state index in [-0.39, 0.29) is 24.7 Å². The first-order chi connectivity index (χ1) is 17.7. The van der Waals surface area contributed by atoms with Crippen molar-refractivity contribution in [2.75, 3.05) is 25.0 Å². The number of nitrogens with zero attached hydrogens (tertiary/aromatic N) is 1. The Bertz CT molecular complexity index is 1130. The van der Waals surface area contributed by atoms with E-state index in [2.05, 4.69) is 10.2 Å². The van der Waals surface area contributed by atoms with Crippen LogP contribution < -0.4 is 5.32 Å². The number of hydrogen-bond donors (Lipinski definition) is 2. The Morgan fingerprint density at radius 3 is 2.42 bits per heavy atom. The van der Waals surface area contributed by atoms with Gasteiger partial charge in [0.2, 0.25) is 0 Å². The van der Waals surface area contributed by atoms with Crippen molar-refractivity contribution in [2.24, 2.45) is 0 Å². The SMILES string of the molecule is O=C(Nc1cccc([C@@H]2O[C@H](CN3CCCCC3)C[C@H](c3ccc(CO)cc3)O2)c1)c1ccccc1. The Balaban J connectivity index is 1.35. The molecule has 2 aliphatic rings. The molecular formula is C30H34N2O4. The van der Waals surface area contributed by atoms with Gasteiger partial charge in [-0.05, 0) is 61.3 Å². The summed E-state index contributed by atoms with van der Waals surface area (Å²) in [5, 5.41) is 12.4. The highest BCUT2D eigenvalue weighted by Gasteiger charge is 2.33. The van der Waals surface area contributed by atoms with E-state index in [4.69, 9.17) is 9.47 Å². The normalized spacial score (nSPS) is 22.8. The topological polar surface area (TPSA) is 71.0 Å². The first kappa shape index (κ1) is 24.7. The molecule has 3 atom stereocenters. The summed E-state index contributed by atoms with van der Waals surface area (Å²) >= 11 is 0. The highest BCUT2D eigenvalue weighted by atomic mass is 16.7. The lowest BCUT2D eigenvalue weighted by Crippen LogP contribution is -2.41. The lowest BCUT2D eigenvalue weighted by molar-refractivity contribution is -0.253. The van der Waals surface area contributed by atoms with Gasteiger partial charge in [0, 0.05) is 29.8 Å². The largest absolute Gasteiger partial charge is 0.392 e. The minimum Gasteiger partial charge on any atom is -0.392 e. The number of piperidine rings is 1. The number of carbonyl (C=O) groups excluding carboxylic acids is 1. The molecule has 2 N–H and O–H groups in total. The van der Waals surface area contributed by atoms with E-state index in [0.717, 1.165) is 42.7 Å². The Kier molecular flexibility index (Phi) is 8.08. The number of carbonyl (C=O) groups is 1. The van der Waals surface area contributed by atoms with Crippen LogP contribution in [0.2, 0.25) is 0 Å². The molecule has 2 heterocycles. The molecule has 3 aromatic rings. The van der Waals surface area contributed by atoms with Crippen LogP contribution in [-0.2, 0) is 16.1 Å². The van der Waals surface area contributed by atoms with E-state index in [0.29, 0.717) is 11.3 Å². The monoisotopic (exact) mass is 486 g/mol. The number of anilines is 1. The maximum absolute atomic E-state index is 12.7. The van der Waals surface area contributed by atoms with Crippen molar-refractivity contribution in [1.29, 1.82) is 0 Å². The maximum Gasteiger partial charge on any atom is 0.255 e. The molecular weight excluding hydrogens is 452 g/mol. The molecule has 2 saturated heterocycles. The number of aliphatic hydroxyl groups excluding tert-OH is 1. The molecule has 5 rings (SSSR count). The molecule has 3 aromatic carbocycles. The highest BCUT2D eigenvalue weighted by Crippen LogP contribution is 2.38. The van der Waals surface area contributed by atoms with Gasteiger partial charge in [-0.3, -0.25) is 4.79 Å². The van der Waals surface area contributed by atoms with Gasteiger partial charge < -0.3 is 24.8 Å². The third-order valence-corrected chi connectivity index (χ3v) is 6.98. The Morgan fingerprint density at radius 1 is 0.889 bits per heavy atom. The fourth-order valence-electron chi connectivity index (χ4n) is 5.02. The second kappa shape index (κ2) is 11.8. The molecule has 6 nitrogen and oxygen atoms in total. The van der Waals surface area contributed by atoms with E-state index >= 15 is 0 Å². The number of hydrogen-bond acceptors (Lipinski definition) is 5. The number of rotatable bonds is 7. The van der Waals surface area contributed by atoms with Gasteiger partial charge in [-0.25, -0.2) is 0 Å². The zero-order chi connectivity index (χ0) is 24.7. The summed E-state index contributed by atoms with van der Waals surface area (Å²) < 4.78 is 13.0.